The second-order valence-corrected chi connectivity index (χ2v) is 11.7. The Morgan fingerprint density at radius 1 is 0.833 bits per heavy atom. The number of nitrogens with two attached hydrogens (primary N) is 2. The molecule has 0 aliphatic carbocycles. The van der Waals surface area contributed by atoms with Crippen molar-refractivity contribution in [3.8, 4) is 0 Å². The second-order valence-electron chi connectivity index (χ2n) is 11.7. The third kappa shape index (κ3) is 12.6. The topological polar surface area (TPSA) is 234 Å². The van der Waals surface area contributed by atoms with Crippen LogP contribution in [0.15, 0.2) is 12.5 Å². The summed E-state index contributed by atoms with van der Waals surface area (Å²) in [4.78, 5) is 71.2. The zero-order valence-corrected chi connectivity index (χ0v) is 25.6. The third-order valence-corrected chi connectivity index (χ3v) is 6.72. The van der Waals surface area contributed by atoms with Crippen molar-refractivity contribution in [3.05, 3.63) is 18.2 Å². The lowest BCUT2D eigenvalue weighted by Gasteiger charge is -2.29. The van der Waals surface area contributed by atoms with Crippen molar-refractivity contribution in [2.24, 2.45) is 29.2 Å². The summed E-state index contributed by atoms with van der Waals surface area (Å²) < 4.78 is 0. The highest BCUT2D eigenvalue weighted by Crippen LogP contribution is 2.11. The van der Waals surface area contributed by atoms with Gasteiger partial charge in [-0.15, -0.1) is 0 Å². The lowest BCUT2D eigenvalue weighted by molar-refractivity contribution is -0.144. The molecule has 0 aliphatic heterocycles. The summed E-state index contributed by atoms with van der Waals surface area (Å²) in [5.74, 6) is -4.25. The minimum absolute atomic E-state index is 0.00253. The number of aliphatic carboxylic acids is 1. The Balaban J connectivity index is 3.06. The van der Waals surface area contributed by atoms with Crippen molar-refractivity contribution in [1.29, 1.82) is 0 Å². The van der Waals surface area contributed by atoms with E-state index in [1.54, 1.807) is 33.9 Å². The number of aromatic amines is 1. The van der Waals surface area contributed by atoms with E-state index in [2.05, 4.69) is 31.2 Å². The van der Waals surface area contributed by atoms with Crippen LogP contribution in [0, 0.1) is 17.8 Å². The van der Waals surface area contributed by atoms with E-state index in [1.807, 2.05) is 13.8 Å². The summed E-state index contributed by atoms with van der Waals surface area (Å²) in [6.45, 7) is 11.0. The average molecular weight is 595 g/mol. The number of carboxylic acid groups (broad SMARTS) is 1. The molecule has 4 amide bonds. The molecule has 14 heteroatoms. The monoisotopic (exact) mass is 594 g/mol. The number of carbonyl (C=O) groups is 5. The number of aromatic nitrogens is 2. The van der Waals surface area contributed by atoms with Gasteiger partial charge in [0.25, 0.3) is 0 Å². The molecule has 0 spiro atoms. The van der Waals surface area contributed by atoms with Crippen LogP contribution in [-0.2, 0) is 30.4 Å². The van der Waals surface area contributed by atoms with E-state index < -0.39 is 59.8 Å². The summed E-state index contributed by atoms with van der Waals surface area (Å²) in [6.07, 6.45) is 5.00. The highest BCUT2D eigenvalue weighted by Gasteiger charge is 2.33. The number of hydrogen-bond acceptors (Lipinski definition) is 8. The fourth-order valence-electron chi connectivity index (χ4n) is 4.28. The quantitative estimate of drug-likeness (QED) is 0.0988. The molecule has 0 radical (unpaired) electrons. The maximum atomic E-state index is 13.4. The first-order valence-corrected chi connectivity index (χ1v) is 14.5. The van der Waals surface area contributed by atoms with Crippen molar-refractivity contribution in [3.63, 3.8) is 0 Å². The molecule has 1 rings (SSSR count). The van der Waals surface area contributed by atoms with E-state index >= 15 is 0 Å². The molecule has 10 N–H and O–H groups in total. The van der Waals surface area contributed by atoms with Crippen LogP contribution in [0.1, 0.15) is 72.9 Å². The number of carbonyl (C=O) groups excluding carboxylic acids is 4. The third-order valence-electron chi connectivity index (χ3n) is 6.72. The zero-order chi connectivity index (χ0) is 32.0. The van der Waals surface area contributed by atoms with Crippen LogP contribution < -0.4 is 32.7 Å². The Morgan fingerprint density at radius 3 is 1.90 bits per heavy atom. The standard InChI is InChI=1S/C28H50N8O6/c1-15(2)11-21(26(39)35-22(16(3)4)27(40)36-23(17(5)6)28(41)42)34-25(38)20(9-7-8-10-29)33-24(37)19(30)12-18-13-31-14-32-18/h13-17,19-23H,7-12,29-30H2,1-6H3,(H,31,32)(H,33,37)(H,34,38)(H,35,39)(H,36,40)(H,41,42)/t19-,20-,21-,22-,23-/m0/s1. The number of unbranched alkanes of at least 4 members (excludes halogenated alkanes) is 1. The molecule has 0 saturated carbocycles. The van der Waals surface area contributed by atoms with Crippen molar-refractivity contribution in [2.75, 3.05) is 6.54 Å². The lowest BCUT2D eigenvalue weighted by Crippen LogP contribution is -2.60. The smallest absolute Gasteiger partial charge is 0.326 e. The van der Waals surface area contributed by atoms with Crippen LogP contribution in [-0.4, -0.2) is 81.4 Å². The SMILES string of the molecule is CC(C)C[C@H](NC(=O)[C@H](CCCCN)NC(=O)[C@@H](N)Cc1c[nH]cn1)C(=O)N[C@H](C(=O)N[C@H](C(=O)O)C(C)C)C(C)C. The van der Waals surface area contributed by atoms with Crippen molar-refractivity contribution >= 4 is 29.6 Å². The van der Waals surface area contributed by atoms with E-state index in [-0.39, 0.29) is 37.0 Å². The summed E-state index contributed by atoms with van der Waals surface area (Å²) in [5.41, 5.74) is 12.3. The molecular weight excluding hydrogens is 544 g/mol. The Morgan fingerprint density at radius 2 is 1.40 bits per heavy atom. The number of imidazole rings is 1. The largest absolute Gasteiger partial charge is 0.480 e. The molecule has 1 aromatic rings. The summed E-state index contributed by atoms with van der Waals surface area (Å²) in [6, 6.07) is -5.09. The summed E-state index contributed by atoms with van der Waals surface area (Å²) >= 11 is 0. The predicted molar refractivity (Wildman–Crippen MR) is 158 cm³/mol. The Kier molecular flexibility index (Phi) is 15.7. The van der Waals surface area contributed by atoms with E-state index in [0.29, 0.717) is 25.1 Å². The van der Waals surface area contributed by atoms with Crippen LogP contribution in [0.5, 0.6) is 0 Å². The molecule has 0 fully saturated rings. The molecule has 0 aromatic carbocycles. The number of carboxylic acids is 1. The maximum Gasteiger partial charge on any atom is 0.326 e. The Labute approximate surface area is 247 Å². The van der Waals surface area contributed by atoms with E-state index in [0.717, 1.165) is 0 Å². The number of nitrogens with one attached hydrogen (secondary N) is 5. The average Bonchev–Trinajstić information content (AvgIpc) is 3.41. The van der Waals surface area contributed by atoms with Gasteiger partial charge in [0.05, 0.1) is 18.1 Å². The van der Waals surface area contributed by atoms with Crippen LogP contribution >= 0.6 is 0 Å². The molecule has 238 valence electrons. The Bertz CT molecular complexity index is 1010. The molecule has 0 bridgehead atoms. The molecule has 1 aromatic heterocycles. The van der Waals surface area contributed by atoms with Gasteiger partial charge in [-0.05, 0) is 50.0 Å². The number of nitrogens with zero attached hydrogens (tertiary/aromatic N) is 1. The van der Waals surface area contributed by atoms with Gasteiger partial charge in [0.2, 0.25) is 23.6 Å². The van der Waals surface area contributed by atoms with Crippen LogP contribution in [0.25, 0.3) is 0 Å². The highest BCUT2D eigenvalue weighted by molar-refractivity contribution is 5.95. The normalized spacial score (nSPS) is 15.0. The zero-order valence-electron chi connectivity index (χ0n) is 25.6. The highest BCUT2D eigenvalue weighted by atomic mass is 16.4. The number of H-pyrrole nitrogens is 1. The molecular formula is C28H50N8O6. The molecule has 0 aliphatic rings. The van der Waals surface area contributed by atoms with Gasteiger partial charge in [-0.25, -0.2) is 9.78 Å². The molecule has 5 atom stereocenters. The van der Waals surface area contributed by atoms with Crippen LogP contribution in [0.4, 0.5) is 0 Å². The fourth-order valence-corrected chi connectivity index (χ4v) is 4.28. The second kappa shape index (κ2) is 18.1. The van der Waals surface area contributed by atoms with Crippen LogP contribution in [0.3, 0.4) is 0 Å². The van der Waals surface area contributed by atoms with Gasteiger partial charge in [0, 0.05) is 12.6 Å². The minimum Gasteiger partial charge on any atom is -0.480 e. The van der Waals surface area contributed by atoms with Gasteiger partial charge in [-0.1, -0.05) is 41.5 Å². The molecule has 42 heavy (non-hydrogen) atoms. The van der Waals surface area contributed by atoms with Crippen molar-refractivity contribution < 1.29 is 29.1 Å². The number of amides is 4. The summed E-state index contributed by atoms with van der Waals surface area (Å²) in [7, 11) is 0. The first kappa shape index (κ1) is 36.5. The first-order valence-electron chi connectivity index (χ1n) is 14.5. The van der Waals surface area contributed by atoms with Gasteiger partial charge in [-0.2, -0.15) is 0 Å². The van der Waals surface area contributed by atoms with Gasteiger partial charge >= 0.3 is 5.97 Å². The van der Waals surface area contributed by atoms with E-state index in [9.17, 15) is 29.1 Å². The van der Waals surface area contributed by atoms with Gasteiger partial charge in [-0.3, -0.25) is 19.2 Å². The maximum absolute atomic E-state index is 13.4. The Hall–Kier alpha value is -3.52. The molecule has 0 saturated heterocycles. The van der Waals surface area contributed by atoms with E-state index in [1.165, 1.54) is 6.33 Å². The van der Waals surface area contributed by atoms with Crippen LogP contribution in [0.2, 0.25) is 0 Å². The summed E-state index contributed by atoms with van der Waals surface area (Å²) in [5, 5.41) is 20.1. The van der Waals surface area contributed by atoms with Crippen molar-refractivity contribution in [1.82, 2.24) is 31.2 Å². The van der Waals surface area contributed by atoms with Gasteiger partial charge in [0.15, 0.2) is 0 Å². The van der Waals surface area contributed by atoms with Gasteiger partial charge < -0.3 is 42.8 Å². The number of rotatable bonds is 19. The fraction of sp³-hybridized carbons (Fsp3) is 0.714. The number of hydrogen-bond donors (Lipinski definition) is 8. The predicted octanol–water partition coefficient (Wildman–Crippen LogP) is -0.210. The molecule has 0 unspecified atom stereocenters. The molecule has 1 heterocycles. The lowest BCUT2D eigenvalue weighted by atomic mass is 9.98. The van der Waals surface area contributed by atoms with E-state index in [4.69, 9.17) is 11.5 Å². The molecule has 14 nitrogen and oxygen atoms in total. The van der Waals surface area contributed by atoms with Gasteiger partial charge in [0.1, 0.15) is 24.2 Å². The minimum atomic E-state index is -1.18. The van der Waals surface area contributed by atoms with Crippen molar-refractivity contribution in [2.45, 2.75) is 104 Å². The first-order chi connectivity index (χ1) is 19.7.